The number of anilines is 2. The second-order valence-electron chi connectivity index (χ2n) is 9.31. The van der Waals surface area contributed by atoms with Gasteiger partial charge in [-0.3, -0.25) is 14.5 Å². The van der Waals surface area contributed by atoms with Crippen LogP contribution in [-0.4, -0.2) is 50.8 Å². The van der Waals surface area contributed by atoms with Gasteiger partial charge in [0, 0.05) is 18.8 Å². The molecule has 2 aliphatic heterocycles. The summed E-state index contributed by atoms with van der Waals surface area (Å²) in [5.74, 6) is 0.471. The molecule has 0 unspecified atom stereocenters. The molecule has 2 heterocycles. The number of nitrogens with zero attached hydrogens (tertiary/aromatic N) is 2. The van der Waals surface area contributed by atoms with Gasteiger partial charge in [0.05, 0.1) is 10.6 Å². The number of sulfonamides is 1. The van der Waals surface area contributed by atoms with Crippen LogP contribution in [0.3, 0.4) is 0 Å². The molecule has 0 aromatic heterocycles. The van der Waals surface area contributed by atoms with Crippen molar-refractivity contribution in [1.82, 2.24) is 4.31 Å². The minimum absolute atomic E-state index is 0.0915. The van der Waals surface area contributed by atoms with Gasteiger partial charge in [-0.2, -0.15) is 4.31 Å². The predicted molar refractivity (Wildman–Crippen MR) is 131 cm³/mol. The maximum absolute atomic E-state index is 13.2. The largest absolute Gasteiger partial charge is 0.482 e. The molecular weight excluding hydrogens is 454 g/mol. The second-order valence-corrected chi connectivity index (χ2v) is 11.2. The number of amides is 2. The Labute approximate surface area is 200 Å². The van der Waals surface area contributed by atoms with Crippen molar-refractivity contribution in [1.29, 1.82) is 0 Å². The first-order valence-corrected chi connectivity index (χ1v) is 13.1. The smallest absolute Gasteiger partial charge is 0.265 e. The van der Waals surface area contributed by atoms with Crippen LogP contribution in [0.2, 0.25) is 0 Å². The Morgan fingerprint density at radius 2 is 1.79 bits per heavy atom. The van der Waals surface area contributed by atoms with E-state index in [1.807, 2.05) is 24.3 Å². The van der Waals surface area contributed by atoms with Crippen LogP contribution < -0.4 is 15.0 Å². The standard InChI is InChI=1S/C25H31N3O5S/c1-17(2)19-4-6-20(7-5-19)26-24(29)15-28-22-14-21(8-9-23(22)33-16-25(28)30)34(31,32)27-12-10-18(3)11-13-27/h4-9,14,17-18H,10-13,15-16H2,1-3H3,(H,26,29). The maximum Gasteiger partial charge on any atom is 0.265 e. The van der Waals surface area contributed by atoms with E-state index in [1.54, 1.807) is 6.07 Å². The van der Waals surface area contributed by atoms with Gasteiger partial charge < -0.3 is 10.1 Å². The van der Waals surface area contributed by atoms with Crippen molar-refractivity contribution < 1.29 is 22.7 Å². The Balaban J connectivity index is 1.53. The quantitative estimate of drug-likeness (QED) is 0.675. The van der Waals surface area contributed by atoms with Crippen LogP contribution in [0, 0.1) is 5.92 Å². The van der Waals surface area contributed by atoms with Gasteiger partial charge in [-0.15, -0.1) is 0 Å². The molecule has 1 N–H and O–H groups in total. The van der Waals surface area contributed by atoms with Crippen LogP contribution in [-0.2, 0) is 19.6 Å². The van der Waals surface area contributed by atoms with E-state index in [4.69, 9.17) is 4.74 Å². The highest BCUT2D eigenvalue weighted by Gasteiger charge is 2.32. The number of carbonyl (C=O) groups excluding carboxylic acids is 2. The molecule has 2 aliphatic rings. The number of rotatable bonds is 6. The minimum atomic E-state index is -3.71. The van der Waals surface area contributed by atoms with E-state index in [-0.39, 0.29) is 29.6 Å². The molecule has 0 saturated carbocycles. The highest BCUT2D eigenvalue weighted by molar-refractivity contribution is 7.89. The highest BCUT2D eigenvalue weighted by Crippen LogP contribution is 2.35. The lowest BCUT2D eigenvalue weighted by Crippen LogP contribution is -2.43. The summed E-state index contributed by atoms with van der Waals surface area (Å²) in [6.07, 6.45) is 1.63. The van der Waals surface area contributed by atoms with Gasteiger partial charge in [0.15, 0.2) is 6.61 Å². The third kappa shape index (κ3) is 5.10. The van der Waals surface area contributed by atoms with Crippen LogP contribution in [0.4, 0.5) is 11.4 Å². The Morgan fingerprint density at radius 3 is 2.44 bits per heavy atom. The molecule has 9 heteroatoms. The normalized spacial score (nSPS) is 17.4. The molecule has 0 aliphatic carbocycles. The summed E-state index contributed by atoms with van der Waals surface area (Å²) in [5.41, 5.74) is 2.08. The Morgan fingerprint density at radius 1 is 1.12 bits per heavy atom. The van der Waals surface area contributed by atoms with E-state index in [9.17, 15) is 18.0 Å². The number of piperidine rings is 1. The van der Waals surface area contributed by atoms with E-state index in [0.29, 0.717) is 36.4 Å². The fourth-order valence-corrected chi connectivity index (χ4v) is 5.68. The Bertz CT molecular complexity index is 1170. The third-order valence-corrected chi connectivity index (χ3v) is 8.31. The van der Waals surface area contributed by atoms with Crippen molar-refractivity contribution in [3.05, 3.63) is 48.0 Å². The molecule has 4 rings (SSSR count). The van der Waals surface area contributed by atoms with Gasteiger partial charge in [-0.1, -0.05) is 32.9 Å². The lowest BCUT2D eigenvalue weighted by molar-refractivity contribution is -0.123. The van der Waals surface area contributed by atoms with Gasteiger partial charge in [-0.05, 0) is 60.6 Å². The molecule has 0 atom stereocenters. The van der Waals surface area contributed by atoms with Crippen LogP contribution >= 0.6 is 0 Å². The van der Waals surface area contributed by atoms with E-state index < -0.39 is 15.9 Å². The van der Waals surface area contributed by atoms with Crippen LogP contribution in [0.1, 0.15) is 45.1 Å². The van der Waals surface area contributed by atoms with Crippen molar-refractivity contribution in [2.45, 2.75) is 44.4 Å². The zero-order chi connectivity index (χ0) is 24.5. The lowest BCUT2D eigenvalue weighted by Gasteiger charge is -2.31. The number of nitrogens with one attached hydrogen (secondary N) is 1. The number of benzene rings is 2. The van der Waals surface area contributed by atoms with E-state index in [0.717, 1.165) is 18.4 Å². The van der Waals surface area contributed by atoms with Gasteiger partial charge in [0.1, 0.15) is 12.3 Å². The van der Waals surface area contributed by atoms with Crippen molar-refractivity contribution in [3.63, 3.8) is 0 Å². The minimum Gasteiger partial charge on any atom is -0.482 e. The van der Waals surface area contributed by atoms with Crippen molar-refractivity contribution in [2.24, 2.45) is 5.92 Å². The second kappa shape index (κ2) is 9.76. The lowest BCUT2D eigenvalue weighted by atomic mass is 10.0. The van der Waals surface area contributed by atoms with E-state index >= 15 is 0 Å². The van der Waals surface area contributed by atoms with Crippen molar-refractivity contribution >= 4 is 33.2 Å². The third-order valence-electron chi connectivity index (χ3n) is 6.42. The number of hydrogen-bond donors (Lipinski definition) is 1. The number of fused-ring (bicyclic) bond motifs is 1. The molecule has 2 aromatic rings. The molecule has 0 radical (unpaired) electrons. The summed E-state index contributed by atoms with van der Waals surface area (Å²) in [7, 11) is -3.71. The summed E-state index contributed by atoms with van der Waals surface area (Å²) in [4.78, 5) is 26.7. The summed E-state index contributed by atoms with van der Waals surface area (Å²) in [6.45, 7) is 6.79. The van der Waals surface area contributed by atoms with Gasteiger partial charge >= 0.3 is 0 Å². The van der Waals surface area contributed by atoms with Crippen molar-refractivity contribution in [2.75, 3.05) is 36.5 Å². The summed E-state index contributed by atoms with van der Waals surface area (Å²) in [6, 6.07) is 12.0. The molecule has 2 amide bonds. The molecular formula is C25H31N3O5S. The van der Waals surface area contributed by atoms with Crippen molar-refractivity contribution in [3.8, 4) is 5.75 Å². The fourth-order valence-electron chi connectivity index (χ4n) is 4.19. The molecule has 1 fully saturated rings. The zero-order valence-corrected chi connectivity index (χ0v) is 20.6. The average Bonchev–Trinajstić information content (AvgIpc) is 2.81. The maximum atomic E-state index is 13.2. The monoisotopic (exact) mass is 485 g/mol. The topological polar surface area (TPSA) is 96.0 Å². The summed E-state index contributed by atoms with van der Waals surface area (Å²) in [5, 5.41) is 2.81. The first kappa shape index (κ1) is 24.2. The molecule has 1 saturated heterocycles. The van der Waals surface area contributed by atoms with Crippen LogP contribution in [0.15, 0.2) is 47.4 Å². The highest BCUT2D eigenvalue weighted by atomic mass is 32.2. The molecule has 182 valence electrons. The molecule has 34 heavy (non-hydrogen) atoms. The Hall–Kier alpha value is -2.91. The average molecular weight is 486 g/mol. The van der Waals surface area contributed by atoms with E-state index in [2.05, 4.69) is 26.1 Å². The number of hydrogen-bond acceptors (Lipinski definition) is 5. The van der Waals surface area contributed by atoms with Crippen LogP contribution in [0.25, 0.3) is 0 Å². The van der Waals surface area contributed by atoms with Gasteiger partial charge in [0.25, 0.3) is 5.91 Å². The summed E-state index contributed by atoms with van der Waals surface area (Å²) >= 11 is 0. The first-order chi connectivity index (χ1) is 16.1. The first-order valence-electron chi connectivity index (χ1n) is 11.6. The van der Waals surface area contributed by atoms with Crippen LogP contribution in [0.5, 0.6) is 5.75 Å². The molecule has 0 bridgehead atoms. The summed E-state index contributed by atoms with van der Waals surface area (Å²) < 4.78 is 33.4. The fraction of sp³-hybridized carbons (Fsp3) is 0.440. The van der Waals surface area contributed by atoms with E-state index in [1.165, 1.54) is 21.3 Å². The SMILES string of the molecule is CC1CCN(S(=O)(=O)c2ccc3c(c2)N(CC(=O)Nc2ccc(C(C)C)cc2)C(=O)CO3)CC1. The predicted octanol–water partition coefficient (Wildman–Crippen LogP) is 3.59. The Kier molecular flexibility index (Phi) is 6.95. The number of ether oxygens (including phenoxy) is 1. The molecule has 2 aromatic carbocycles. The van der Waals surface area contributed by atoms with Gasteiger partial charge in [0.2, 0.25) is 15.9 Å². The zero-order valence-electron chi connectivity index (χ0n) is 19.8. The molecule has 8 nitrogen and oxygen atoms in total. The van der Waals surface area contributed by atoms with Gasteiger partial charge in [-0.25, -0.2) is 8.42 Å². The molecule has 0 spiro atoms. The number of carbonyl (C=O) groups is 2.